The number of rotatable bonds is 2. The zero-order chi connectivity index (χ0) is 10.0. The van der Waals surface area contributed by atoms with Crippen LogP contribution in [-0.2, 0) is 16.8 Å². The average Bonchev–Trinajstić information content (AvgIpc) is 2.67. The fourth-order valence-corrected chi connectivity index (χ4v) is 2.73. The van der Waals surface area contributed by atoms with Crippen molar-refractivity contribution in [2.24, 2.45) is 0 Å². The zero-order valence-corrected chi connectivity index (χ0v) is 9.14. The lowest BCUT2D eigenvalue weighted by molar-refractivity contribution is 0.0562. The summed E-state index contributed by atoms with van der Waals surface area (Å²) in [5.74, 6) is 0. The second kappa shape index (κ2) is 3.96. The van der Waals surface area contributed by atoms with Gasteiger partial charge in [0.25, 0.3) is 0 Å². The average molecular weight is 213 g/mol. The second-order valence-electron chi connectivity index (χ2n) is 3.98. The molecule has 1 N–H and O–H groups in total. The fraction of sp³-hybridized carbons (Fsp3) is 0.700. The molecule has 1 aromatic heterocycles. The molecule has 1 aliphatic rings. The van der Waals surface area contributed by atoms with Crippen molar-refractivity contribution in [3.8, 4) is 0 Å². The van der Waals surface area contributed by atoms with E-state index in [2.05, 4.69) is 11.9 Å². The maximum Gasteiger partial charge on any atom is 0.0990 e. The van der Waals surface area contributed by atoms with Gasteiger partial charge in [-0.25, -0.2) is 4.98 Å². The van der Waals surface area contributed by atoms with Crippen LogP contribution in [0.15, 0.2) is 5.38 Å². The predicted octanol–water partition coefficient (Wildman–Crippen LogP) is 1.70. The first-order valence-electron chi connectivity index (χ1n) is 4.88. The molecule has 0 saturated carbocycles. The summed E-state index contributed by atoms with van der Waals surface area (Å²) in [5, 5.41) is 12.0. The summed E-state index contributed by atoms with van der Waals surface area (Å²) in [6.07, 6.45) is 2.07. The Morgan fingerprint density at radius 2 is 2.29 bits per heavy atom. The molecule has 14 heavy (non-hydrogen) atoms. The Kier molecular flexibility index (Phi) is 2.85. The molecule has 0 radical (unpaired) electrons. The molecule has 0 aromatic carbocycles. The molecule has 1 fully saturated rings. The maximum atomic E-state index is 8.95. The number of ether oxygens (including phenoxy) is 1. The summed E-state index contributed by atoms with van der Waals surface area (Å²) in [7, 11) is 0. The Labute approximate surface area is 87.7 Å². The molecule has 0 spiro atoms. The standard InChI is InChI=1S/C10H15NO2S/c1-10(2-4-13-5-3-10)9-11-8(6-12)7-14-9/h7,12H,2-6H2,1H3. The normalized spacial score (nSPS) is 21.0. The Bertz CT molecular complexity index is 305. The van der Waals surface area contributed by atoms with Crippen LogP contribution in [0.3, 0.4) is 0 Å². The van der Waals surface area contributed by atoms with E-state index < -0.39 is 0 Å². The summed E-state index contributed by atoms with van der Waals surface area (Å²) < 4.78 is 5.35. The van der Waals surface area contributed by atoms with Gasteiger partial charge in [0.2, 0.25) is 0 Å². The van der Waals surface area contributed by atoms with Crippen LogP contribution in [0.1, 0.15) is 30.5 Å². The third-order valence-corrected chi connectivity index (χ3v) is 4.02. The Hall–Kier alpha value is -0.450. The first kappa shape index (κ1) is 10.1. The van der Waals surface area contributed by atoms with Crippen LogP contribution in [0, 0.1) is 0 Å². The maximum absolute atomic E-state index is 8.95. The highest BCUT2D eigenvalue weighted by molar-refractivity contribution is 7.09. The van der Waals surface area contributed by atoms with Crippen molar-refractivity contribution >= 4 is 11.3 Å². The molecule has 0 aliphatic carbocycles. The van der Waals surface area contributed by atoms with Gasteiger partial charge < -0.3 is 9.84 Å². The summed E-state index contributed by atoms with van der Waals surface area (Å²) in [5.41, 5.74) is 0.953. The van der Waals surface area contributed by atoms with Crippen LogP contribution >= 0.6 is 11.3 Å². The van der Waals surface area contributed by atoms with Crippen LogP contribution in [0.5, 0.6) is 0 Å². The molecule has 1 aliphatic heterocycles. The van der Waals surface area contributed by atoms with E-state index in [4.69, 9.17) is 9.84 Å². The van der Waals surface area contributed by atoms with E-state index in [1.54, 1.807) is 11.3 Å². The molecule has 0 amide bonds. The third kappa shape index (κ3) is 1.82. The minimum absolute atomic E-state index is 0.0447. The first-order chi connectivity index (χ1) is 6.74. The number of hydrogen-bond donors (Lipinski definition) is 1. The Balaban J connectivity index is 2.19. The van der Waals surface area contributed by atoms with E-state index in [0.29, 0.717) is 0 Å². The van der Waals surface area contributed by atoms with Gasteiger partial charge in [0.1, 0.15) is 0 Å². The Morgan fingerprint density at radius 3 is 2.86 bits per heavy atom. The van der Waals surface area contributed by atoms with Crippen molar-refractivity contribution in [1.82, 2.24) is 4.98 Å². The van der Waals surface area contributed by atoms with Gasteiger partial charge in [-0.05, 0) is 12.8 Å². The number of nitrogens with zero attached hydrogens (tertiary/aromatic N) is 1. The van der Waals surface area contributed by atoms with E-state index in [0.717, 1.165) is 36.8 Å². The molecule has 0 atom stereocenters. The highest BCUT2D eigenvalue weighted by atomic mass is 32.1. The van der Waals surface area contributed by atoms with Crippen LogP contribution in [0.2, 0.25) is 0 Å². The summed E-state index contributed by atoms with van der Waals surface area (Å²) in [4.78, 5) is 4.44. The monoisotopic (exact) mass is 213 g/mol. The molecule has 78 valence electrons. The van der Waals surface area contributed by atoms with Crippen molar-refractivity contribution < 1.29 is 9.84 Å². The molecule has 2 heterocycles. The summed E-state index contributed by atoms with van der Waals surface area (Å²) in [6, 6.07) is 0. The number of aliphatic hydroxyl groups is 1. The molecule has 4 heteroatoms. The zero-order valence-electron chi connectivity index (χ0n) is 8.32. The van der Waals surface area contributed by atoms with Crippen LogP contribution in [-0.4, -0.2) is 23.3 Å². The molecule has 1 aromatic rings. The third-order valence-electron chi connectivity index (χ3n) is 2.83. The minimum atomic E-state index is 0.0447. The minimum Gasteiger partial charge on any atom is -0.390 e. The lowest BCUT2D eigenvalue weighted by Crippen LogP contribution is -2.30. The van der Waals surface area contributed by atoms with Crippen molar-refractivity contribution in [3.05, 3.63) is 16.1 Å². The first-order valence-corrected chi connectivity index (χ1v) is 5.76. The van der Waals surface area contributed by atoms with E-state index in [9.17, 15) is 0 Å². The van der Waals surface area contributed by atoms with Gasteiger partial charge in [-0.2, -0.15) is 0 Å². The molecular formula is C10H15NO2S. The molecule has 3 nitrogen and oxygen atoms in total. The van der Waals surface area contributed by atoms with Gasteiger partial charge >= 0.3 is 0 Å². The quantitative estimate of drug-likeness (QED) is 0.813. The van der Waals surface area contributed by atoms with Crippen LogP contribution < -0.4 is 0 Å². The summed E-state index contributed by atoms with van der Waals surface area (Å²) in [6.45, 7) is 3.92. The highest BCUT2D eigenvalue weighted by Crippen LogP contribution is 2.35. The lowest BCUT2D eigenvalue weighted by atomic mass is 9.83. The van der Waals surface area contributed by atoms with Crippen molar-refractivity contribution in [2.75, 3.05) is 13.2 Å². The van der Waals surface area contributed by atoms with Gasteiger partial charge in [-0.15, -0.1) is 11.3 Å². The Morgan fingerprint density at radius 1 is 1.57 bits per heavy atom. The fourth-order valence-electron chi connectivity index (χ4n) is 1.69. The van der Waals surface area contributed by atoms with Gasteiger partial charge in [-0.1, -0.05) is 6.92 Å². The van der Waals surface area contributed by atoms with Gasteiger partial charge in [0, 0.05) is 24.0 Å². The van der Waals surface area contributed by atoms with Gasteiger partial charge in [0.05, 0.1) is 17.3 Å². The SMILES string of the molecule is CC1(c2nc(CO)cs2)CCOCC1. The lowest BCUT2D eigenvalue weighted by Gasteiger charge is -2.31. The van der Waals surface area contributed by atoms with E-state index in [-0.39, 0.29) is 12.0 Å². The van der Waals surface area contributed by atoms with E-state index in [1.807, 2.05) is 5.38 Å². The molecule has 2 rings (SSSR count). The smallest absolute Gasteiger partial charge is 0.0990 e. The van der Waals surface area contributed by atoms with Crippen molar-refractivity contribution in [2.45, 2.75) is 31.8 Å². The molecule has 1 saturated heterocycles. The van der Waals surface area contributed by atoms with Crippen molar-refractivity contribution in [3.63, 3.8) is 0 Å². The predicted molar refractivity (Wildman–Crippen MR) is 55.4 cm³/mol. The number of aliphatic hydroxyl groups excluding tert-OH is 1. The molecular weight excluding hydrogens is 198 g/mol. The van der Waals surface area contributed by atoms with Crippen LogP contribution in [0.4, 0.5) is 0 Å². The van der Waals surface area contributed by atoms with Crippen molar-refractivity contribution in [1.29, 1.82) is 0 Å². The second-order valence-corrected chi connectivity index (χ2v) is 4.83. The molecule has 0 bridgehead atoms. The summed E-state index contributed by atoms with van der Waals surface area (Å²) >= 11 is 1.65. The van der Waals surface area contributed by atoms with Gasteiger partial charge in [0.15, 0.2) is 0 Å². The number of hydrogen-bond acceptors (Lipinski definition) is 4. The van der Waals surface area contributed by atoms with Gasteiger partial charge in [-0.3, -0.25) is 0 Å². The van der Waals surface area contributed by atoms with Crippen LogP contribution in [0.25, 0.3) is 0 Å². The largest absolute Gasteiger partial charge is 0.390 e. The van der Waals surface area contributed by atoms with E-state index in [1.165, 1.54) is 0 Å². The topological polar surface area (TPSA) is 42.4 Å². The number of aromatic nitrogens is 1. The van der Waals surface area contributed by atoms with E-state index >= 15 is 0 Å². The molecule has 0 unspecified atom stereocenters. The highest BCUT2D eigenvalue weighted by Gasteiger charge is 2.32. The number of thiazole rings is 1.